The number of nitrogens with one attached hydrogen (secondary N) is 1. The van der Waals surface area contributed by atoms with Crippen molar-refractivity contribution in [1.82, 2.24) is 25.2 Å². The molecule has 0 unspecified atom stereocenters. The number of carbonyl (C=O) groups excluding carboxylic acids is 2. The predicted molar refractivity (Wildman–Crippen MR) is 77.2 cm³/mol. The number of amides is 2. The molecule has 0 aromatic carbocycles. The van der Waals surface area contributed by atoms with Crippen LogP contribution in [0.1, 0.15) is 26.7 Å². The van der Waals surface area contributed by atoms with E-state index in [0.717, 1.165) is 25.9 Å². The molecule has 1 aromatic heterocycles. The fraction of sp³-hybridized carbons (Fsp3) is 0.714. The van der Waals surface area contributed by atoms with Crippen molar-refractivity contribution in [2.24, 2.45) is 11.8 Å². The minimum Gasteiger partial charge on any atom is -0.354 e. The summed E-state index contributed by atoms with van der Waals surface area (Å²) >= 11 is 0. The van der Waals surface area contributed by atoms with Crippen LogP contribution < -0.4 is 5.32 Å². The third-order valence-corrected chi connectivity index (χ3v) is 3.69. The van der Waals surface area contributed by atoms with Gasteiger partial charge in [0.1, 0.15) is 6.54 Å². The molecule has 21 heavy (non-hydrogen) atoms. The Balaban J connectivity index is 1.75. The maximum atomic E-state index is 12.0. The molecule has 1 aliphatic rings. The van der Waals surface area contributed by atoms with E-state index in [1.54, 1.807) is 12.4 Å². The van der Waals surface area contributed by atoms with Gasteiger partial charge in [-0.05, 0) is 18.8 Å². The van der Waals surface area contributed by atoms with Crippen LogP contribution in [-0.4, -0.2) is 51.3 Å². The van der Waals surface area contributed by atoms with E-state index in [-0.39, 0.29) is 24.3 Å². The average Bonchev–Trinajstić information content (AvgIpc) is 2.97. The number of likely N-dealkylation sites (tertiary alicyclic amines) is 1. The molecule has 7 nitrogen and oxygen atoms in total. The van der Waals surface area contributed by atoms with Crippen molar-refractivity contribution in [3.8, 4) is 0 Å². The number of hydrogen-bond acceptors (Lipinski definition) is 4. The number of carbonyl (C=O) groups is 2. The number of nitrogens with zero attached hydrogens (tertiary/aromatic N) is 4. The molecule has 0 spiro atoms. The molecule has 2 rings (SSSR count). The van der Waals surface area contributed by atoms with Crippen LogP contribution in [0.5, 0.6) is 0 Å². The van der Waals surface area contributed by atoms with Gasteiger partial charge in [0, 0.05) is 31.7 Å². The molecule has 1 fully saturated rings. The second kappa shape index (κ2) is 7.19. The highest BCUT2D eigenvalue weighted by Gasteiger charge is 2.25. The van der Waals surface area contributed by atoms with Gasteiger partial charge in [-0.2, -0.15) is 0 Å². The highest BCUT2D eigenvalue weighted by atomic mass is 16.2. The van der Waals surface area contributed by atoms with E-state index in [1.165, 1.54) is 4.68 Å². The van der Waals surface area contributed by atoms with Gasteiger partial charge in [0.25, 0.3) is 0 Å². The van der Waals surface area contributed by atoms with Crippen molar-refractivity contribution in [3.05, 3.63) is 12.4 Å². The fourth-order valence-corrected chi connectivity index (χ4v) is 2.58. The van der Waals surface area contributed by atoms with E-state index >= 15 is 0 Å². The summed E-state index contributed by atoms with van der Waals surface area (Å²) in [5, 5.41) is 10.3. The van der Waals surface area contributed by atoms with Gasteiger partial charge in [-0.3, -0.25) is 9.59 Å². The Morgan fingerprint density at radius 2 is 2.24 bits per heavy atom. The molecule has 1 aromatic rings. The minimum atomic E-state index is -0.0761. The smallest absolute Gasteiger partial charge is 0.241 e. The minimum absolute atomic E-state index is 0.0330. The molecule has 1 atom stereocenters. The lowest BCUT2D eigenvalue weighted by Gasteiger charge is -2.34. The fourth-order valence-electron chi connectivity index (χ4n) is 2.58. The molecule has 1 saturated heterocycles. The van der Waals surface area contributed by atoms with Crippen molar-refractivity contribution in [3.63, 3.8) is 0 Å². The van der Waals surface area contributed by atoms with E-state index in [4.69, 9.17) is 0 Å². The van der Waals surface area contributed by atoms with Crippen LogP contribution >= 0.6 is 0 Å². The summed E-state index contributed by atoms with van der Waals surface area (Å²) in [4.78, 5) is 25.7. The average molecular weight is 293 g/mol. The van der Waals surface area contributed by atoms with Crippen molar-refractivity contribution in [2.45, 2.75) is 33.2 Å². The highest BCUT2D eigenvalue weighted by Crippen LogP contribution is 2.17. The standard InChI is InChI=1S/C14H23N5O2/c1-11(2)14(21)18-6-3-4-12(9-18)8-15-13(20)10-19-7-5-16-17-19/h5,7,11-12H,3-4,6,8-10H2,1-2H3,(H,15,20)/t12-/m0/s1. The van der Waals surface area contributed by atoms with Gasteiger partial charge in [-0.15, -0.1) is 5.10 Å². The third kappa shape index (κ3) is 4.54. The SMILES string of the molecule is CC(C)C(=O)N1CCC[C@@H](CNC(=O)Cn2ccnn2)C1. The van der Waals surface area contributed by atoms with Crippen molar-refractivity contribution in [1.29, 1.82) is 0 Å². The number of piperidine rings is 1. The van der Waals surface area contributed by atoms with Gasteiger partial charge in [0.05, 0.1) is 6.20 Å². The lowest BCUT2D eigenvalue weighted by molar-refractivity contribution is -0.136. The molecule has 0 aliphatic carbocycles. The molecule has 1 aliphatic heterocycles. The molecule has 2 amide bonds. The van der Waals surface area contributed by atoms with Crippen LogP contribution in [-0.2, 0) is 16.1 Å². The van der Waals surface area contributed by atoms with Crippen LogP contribution in [0.25, 0.3) is 0 Å². The van der Waals surface area contributed by atoms with E-state index in [0.29, 0.717) is 12.5 Å². The molecule has 0 radical (unpaired) electrons. The predicted octanol–water partition coefficient (Wildman–Crippen LogP) is 0.289. The van der Waals surface area contributed by atoms with Gasteiger partial charge in [-0.25, -0.2) is 4.68 Å². The second-order valence-electron chi connectivity index (χ2n) is 5.85. The van der Waals surface area contributed by atoms with E-state index in [9.17, 15) is 9.59 Å². The topological polar surface area (TPSA) is 80.1 Å². The van der Waals surface area contributed by atoms with Crippen LogP contribution in [0, 0.1) is 11.8 Å². The Hall–Kier alpha value is -1.92. The second-order valence-corrected chi connectivity index (χ2v) is 5.85. The molecule has 1 N–H and O–H groups in total. The van der Waals surface area contributed by atoms with Gasteiger partial charge in [-0.1, -0.05) is 19.1 Å². The van der Waals surface area contributed by atoms with Gasteiger partial charge in [0.15, 0.2) is 0 Å². The van der Waals surface area contributed by atoms with Crippen molar-refractivity contribution >= 4 is 11.8 Å². The lowest BCUT2D eigenvalue weighted by atomic mass is 9.97. The summed E-state index contributed by atoms with van der Waals surface area (Å²) in [6, 6.07) is 0. The summed E-state index contributed by atoms with van der Waals surface area (Å²) < 4.78 is 1.49. The maximum absolute atomic E-state index is 12.0. The Labute approximate surface area is 124 Å². The van der Waals surface area contributed by atoms with Crippen LogP contribution in [0.3, 0.4) is 0 Å². The van der Waals surface area contributed by atoms with Crippen molar-refractivity contribution in [2.75, 3.05) is 19.6 Å². The largest absolute Gasteiger partial charge is 0.354 e. The number of rotatable bonds is 5. The van der Waals surface area contributed by atoms with Crippen molar-refractivity contribution < 1.29 is 9.59 Å². The monoisotopic (exact) mass is 293 g/mol. The third-order valence-electron chi connectivity index (χ3n) is 3.69. The molecule has 7 heteroatoms. The van der Waals surface area contributed by atoms with Crippen LogP contribution in [0.4, 0.5) is 0 Å². The molecule has 2 heterocycles. The lowest BCUT2D eigenvalue weighted by Crippen LogP contribution is -2.45. The molecular weight excluding hydrogens is 270 g/mol. The summed E-state index contributed by atoms with van der Waals surface area (Å²) in [6.45, 7) is 6.20. The molecular formula is C14H23N5O2. The summed E-state index contributed by atoms with van der Waals surface area (Å²) in [5.41, 5.74) is 0. The number of hydrogen-bond donors (Lipinski definition) is 1. The van der Waals surface area contributed by atoms with Gasteiger partial charge < -0.3 is 10.2 Å². The Morgan fingerprint density at radius 1 is 1.43 bits per heavy atom. The normalized spacial score (nSPS) is 18.8. The molecule has 116 valence electrons. The molecule has 0 bridgehead atoms. The van der Waals surface area contributed by atoms with E-state index < -0.39 is 0 Å². The first kappa shape index (κ1) is 15.5. The molecule has 0 saturated carbocycles. The zero-order valence-electron chi connectivity index (χ0n) is 12.7. The maximum Gasteiger partial charge on any atom is 0.241 e. The Kier molecular flexibility index (Phi) is 5.30. The zero-order valence-corrected chi connectivity index (χ0v) is 12.7. The quantitative estimate of drug-likeness (QED) is 0.846. The van der Waals surface area contributed by atoms with Crippen LogP contribution in [0.15, 0.2) is 12.4 Å². The Bertz CT molecular complexity index is 472. The highest BCUT2D eigenvalue weighted by molar-refractivity contribution is 5.78. The van der Waals surface area contributed by atoms with Gasteiger partial charge >= 0.3 is 0 Å². The first-order valence-corrected chi connectivity index (χ1v) is 7.46. The summed E-state index contributed by atoms with van der Waals surface area (Å²) in [5.74, 6) is 0.494. The van der Waals surface area contributed by atoms with Gasteiger partial charge in [0.2, 0.25) is 11.8 Å². The first-order valence-electron chi connectivity index (χ1n) is 7.46. The summed E-state index contributed by atoms with van der Waals surface area (Å²) in [6.07, 6.45) is 5.25. The number of aromatic nitrogens is 3. The summed E-state index contributed by atoms with van der Waals surface area (Å²) in [7, 11) is 0. The van der Waals surface area contributed by atoms with E-state index in [2.05, 4.69) is 15.6 Å². The first-order chi connectivity index (χ1) is 10.1. The zero-order chi connectivity index (χ0) is 15.2. The Morgan fingerprint density at radius 3 is 2.90 bits per heavy atom. The van der Waals surface area contributed by atoms with E-state index in [1.807, 2.05) is 18.7 Å². The van der Waals surface area contributed by atoms with Crippen LogP contribution in [0.2, 0.25) is 0 Å².